The monoisotopic (exact) mass is 346 g/mol. The molecule has 2 fully saturated rings. The molecule has 0 aromatic carbocycles. The van der Waals surface area contributed by atoms with Crippen LogP contribution in [0.1, 0.15) is 36.0 Å². The summed E-state index contributed by atoms with van der Waals surface area (Å²) in [7, 11) is 0. The molecule has 2 saturated heterocycles. The summed E-state index contributed by atoms with van der Waals surface area (Å²) in [5, 5.41) is 0. The Hall–Kier alpha value is -2.15. The minimum absolute atomic E-state index is 0.177. The minimum Gasteiger partial charge on any atom is -0.342 e. The molecule has 0 spiro atoms. The second-order valence-corrected chi connectivity index (χ2v) is 6.78. The van der Waals surface area contributed by atoms with Gasteiger partial charge in [-0.25, -0.2) is 0 Å². The van der Waals surface area contributed by atoms with E-state index in [2.05, 4.69) is 9.88 Å². The van der Waals surface area contributed by atoms with Crippen molar-refractivity contribution in [3.8, 4) is 0 Å². The number of piperazine rings is 1. The van der Waals surface area contributed by atoms with Crippen LogP contribution in [0.2, 0.25) is 0 Å². The van der Waals surface area contributed by atoms with Crippen LogP contribution < -0.4 is 5.56 Å². The number of aromatic nitrogens is 1. The summed E-state index contributed by atoms with van der Waals surface area (Å²) in [5.41, 5.74) is -0.178. The quantitative estimate of drug-likeness (QED) is 0.866. The normalized spacial score (nSPS) is 19.5. The third kappa shape index (κ3) is 4.48. The Morgan fingerprint density at radius 1 is 0.920 bits per heavy atom. The highest BCUT2D eigenvalue weighted by atomic mass is 16.2. The molecule has 0 unspecified atom stereocenters. The van der Waals surface area contributed by atoms with E-state index in [1.54, 1.807) is 17.0 Å². The van der Waals surface area contributed by atoms with Crippen molar-refractivity contribution in [1.29, 1.82) is 0 Å². The van der Waals surface area contributed by atoms with Gasteiger partial charge in [-0.1, -0.05) is 12.8 Å². The van der Waals surface area contributed by atoms with Gasteiger partial charge in [-0.15, -0.1) is 0 Å². The number of pyridine rings is 1. The van der Waals surface area contributed by atoms with Crippen molar-refractivity contribution in [1.82, 2.24) is 19.7 Å². The van der Waals surface area contributed by atoms with Crippen LogP contribution >= 0.6 is 0 Å². The Morgan fingerprint density at radius 3 is 2.24 bits per heavy atom. The molecule has 136 valence electrons. The fraction of sp³-hybridized carbons (Fsp3) is 0.611. The third-order valence-electron chi connectivity index (χ3n) is 5.03. The number of rotatable bonds is 3. The van der Waals surface area contributed by atoms with Gasteiger partial charge in [0.25, 0.3) is 11.5 Å². The first kappa shape index (κ1) is 17.7. The number of aromatic amines is 1. The van der Waals surface area contributed by atoms with E-state index in [0.29, 0.717) is 32.7 Å². The highest BCUT2D eigenvalue weighted by Gasteiger charge is 2.26. The predicted octanol–water partition coefficient (Wildman–Crippen LogP) is 0.535. The SMILES string of the molecule is O=C(CN1CCN(C(=O)c2ccc[nH]c2=O)CC1)N1CCCCCC1. The van der Waals surface area contributed by atoms with Crippen LogP contribution in [0.4, 0.5) is 0 Å². The molecule has 0 bridgehead atoms. The largest absolute Gasteiger partial charge is 0.342 e. The molecule has 1 N–H and O–H groups in total. The van der Waals surface area contributed by atoms with E-state index in [1.807, 2.05) is 4.90 Å². The highest BCUT2D eigenvalue weighted by molar-refractivity contribution is 5.93. The Kier molecular flexibility index (Phi) is 5.86. The third-order valence-corrected chi connectivity index (χ3v) is 5.03. The fourth-order valence-electron chi connectivity index (χ4n) is 3.48. The molecule has 2 aliphatic heterocycles. The van der Waals surface area contributed by atoms with Crippen molar-refractivity contribution in [2.75, 3.05) is 45.8 Å². The van der Waals surface area contributed by atoms with Gasteiger partial charge in [-0.05, 0) is 25.0 Å². The van der Waals surface area contributed by atoms with Crippen molar-refractivity contribution in [3.05, 3.63) is 34.2 Å². The van der Waals surface area contributed by atoms with Crippen molar-refractivity contribution in [3.63, 3.8) is 0 Å². The maximum Gasteiger partial charge on any atom is 0.260 e. The van der Waals surface area contributed by atoms with Gasteiger partial charge >= 0.3 is 0 Å². The lowest BCUT2D eigenvalue weighted by Gasteiger charge is -2.35. The summed E-state index contributed by atoms with van der Waals surface area (Å²) >= 11 is 0. The molecule has 0 aliphatic carbocycles. The van der Waals surface area contributed by atoms with Crippen LogP contribution in [0.25, 0.3) is 0 Å². The van der Waals surface area contributed by atoms with Gasteiger partial charge in [0.2, 0.25) is 5.91 Å². The highest BCUT2D eigenvalue weighted by Crippen LogP contribution is 2.11. The molecule has 7 nitrogen and oxygen atoms in total. The average Bonchev–Trinajstić information content (AvgIpc) is 2.92. The molecule has 1 aromatic heterocycles. The van der Waals surface area contributed by atoms with Gasteiger partial charge in [0.05, 0.1) is 6.54 Å². The van der Waals surface area contributed by atoms with Crippen molar-refractivity contribution in [2.45, 2.75) is 25.7 Å². The van der Waals surface area contributed by atoms with Gasteiger partial charge in [0.1, 0.15) is 5.56 Å². The first-order chi connectivity index (χ1) is 12.1. The maximum atomic E-state index is 12.5. The number of nitrogens with zero attached hydrogens (tertiary/aromatic N) is 3. The Morgan fingerprint density at radius 2 is 1.60 bits per heavy atom. The summed E-state index contributed by atoms with van der Waals surface area (Å²) < 4.78 is 0. The molecule has 2 amide bonds. The summed E-state index contributed by atoms with van der Waals surface area (Å²) in [6.07, 6.45) is 6.14. The number of carbonyl (C=O) groups excluding carboxylic acids is 2. The topological polar surface area (TPSA) is 76.7 Å². The van der Waals surface area contributed by atoms with Crippen LogP contribution in [-0.4, -0.2) is 77.3 Å². The predicted molar refractivity (Wildman–Crippen MR) is 94.5 cm³/mol. The van der Waals surface area contributed by atoms with Crippen molar-refractivity contribution in [2.24, 2.45) is 0 Å². The number of hydrogen-bond donors (Lipinski definition) is 1. The van der Waals surface area contributed by atoms with Gasteiger partial charge < -0.3 is 14.8 Å². The lowest BCUT2D eigenvalue weighted by molar-refractivity contribution is -0.132. The second-order valence-electron chi connectivity index (χ2n) is 6.78. The molecule has 25 heavy (non-hydrogen) atoms. The van der Waals surface area contributed by atoms with Crippen molar-refractivity contribution < 1.29 is 9.59 Å². The number of nitrogens with one attached hydrogen (secondary N) is 1. The Bertz CT molecular complexity index is 656. The molecule has 0 radical (unpaired) electrons. The molecule has 7 heteroatoms. The number of carbonyl (C=O) groups is 2. The smallest absolute Gasteiger partial charge is 0.260 e. The molecule has 3 rings (SSSR count). The number of likely N-dealkylation sites (tertiary alicyclic amines) is 1. The summed E-state index contributed by atoms with van der Waals surface area (Å²) in [4.78, 5) is 45.0. The van der Waals surface area contributed by atoms with E-state index in [1.165, 1.54) is 19.0 Å². The van der Waals surface area contributed by atoms with E-state index >= 15 is 0 Å². The summed E-state index contributed by atoms with van der Waals surface area (Å²) in [6, 6.07) is 3.21. The van der Waals surface area contributed by atoms with Gasteiger partial charge in [-0.3, -0.25) is 19.3 Å². The van der Waals surface area contributed by atoms with E-state index in [0.717, 1.165) is 25.9 Å². The fourth-order valence-corrected chi connectivity index (χ4v) is 3.48. The standard InChI is InChI=1S/C18H26N4O3/c23-16(21-8-3-1-2-4-9-21)14-20-10-12-22(13-11-20)18(25)15-6-5-7-19-17(15)24/h5-7H,1-4,8-14H2,(H,19,24). The zero-order valence-corrected chi connectivity index (χ0v) is 14.6. The second kappa shape index (κ2) is 8.29. The Labute approximate surface area is 147 Å². The summed E-state index contributed by atoms with van der Waals surface area (Å²) in [6.45, 7) is 4.57. The molecule has 0 saturated carbocycles. The molecular weight excluding hydrogens is 320 g/mol. The maximum absolute atomic E-state index is 12.5. The zero-order valence-electron chi connectivity index (χ0n) is 14.6. The van der Waals surface area contributed by atoms with Gasteiger partial charge in [-0.2, -0.15) is 0 Å². The average molecular weight is 346 g/mol. The van der Waals surface area contributed by atoms with E-state index < -0.39 is 0 Å². The Balaban J connectivity index is 1.50. The number of hydrogen-bond acceptors (Lipinski definition) is 4. The molecule has 1 aromatic rings. The zero-order chi connectivity index (χ0) is 17.6. The number of amides is 2. The van der Waals surface area contributed by atoms with E-state index in [4.69, 9.17) is 0 Å². The molecular formula is C18H26N4O3. The summed E-state index contributed by atoms with van der Waals surface area (Å²) in [5.74, 6) is -0.0403. The van der Waals surface area contributed by atoms with Gasteiger partial charge in [0, 0.05) is 45.5 Å². The number of H-pyrrole nitrogens is 1. The molecule has 2 aliphatic rings. The van der Waals surface area contributed by atoms with Crippen LogP contribution in [-0.2, 0) is 4.79 Å². The van der Waals surface area contributed by atoms with Crippen LogP contribution in [0, 0.1) is 0 Å². The first-order valence-electron chi connectivity index (χ1n) is 9.12. The first-order valence-corrected chi connectivity index (χ1v) is 9.12. The lowest BCUT2D eigenvalue weighted by Crippen LogP contribution is -2.52. The van der Waals surface area contributed by atoms with Crippen molar-refractivity contribution >= 4 is 11.8 Å². The van der Waals surface area contributed by atoms with E-state index in [9.17, 15) is 14.4 Å². The van der Waals surface area contributed by atoms with Crippen LogP contribution in [0.5, 0.6) is 0 Å². The van der Waals surface area contributed by atoms with Gasteiger partial charge in [0.15, 0.2) is 0 Å². The van der Waals surface area contributed by atoms with Crippen LogP contribution in [0.3, 0.4) is 0 Å². The molecule has 3 heterocycles. The van der Waals surface area contributed by atoms with E-state index in [-0.39, 0.29) is 22.9 Å². The molecule has 0 atom stereocenters. The minimum atomic E-state index is -0.355. The van der Waals surface area contributed by atoms with Crippen LogP contribution in [0.15, 0.2) is 23.1 Å². The lowest BCUT2D eigenvalue weighted by atomic mass is 10.2.